The molecule has 3 rings (SSSR count). The Morgan fingerprint density at radius 2 is 1.79 bits per heavy atom. The van der Waals surface area contributed by atoms with Crippen molar-refractivity contribution in [3.05, 3.63) is 57.5 Å². The number of hydrogen-bond donors (Lipinski definition) is 2. The minimum atomic E-state index is -0.782. The smallest absolute Gasteiger partial charge is 0.311 e. The van der Waals surface area contributed by atoms with Crippen LogP contribution in [0.25, 0.3) is 0 Å². The van der Waals surface area contributed by atoms with Crippen LogP contribution in [0.4, 0.5) is 4.39 Å². The van der Waals surface area contributed by atoms with Crippen molar-refractivity contribution in [3.63, 3.8) is 0 Å². The summed E-state index contributed by atoms with van der Waals surface area (Å²) in [5, 5.41) is 12.9. The molecular formula is C22H27FN6O5. The molecule has 12 heteroatoms. The van der Waals surface area contributed by atoms with E-state index in [-0.39, 0.29) is 25.5 Å². The number of likely N-dealkylation sites (N-methyl/N-ethyl adjacent to an activating group) is 3. The summed E-state index contributed by atoms with van der Waals surface area (Å²) in [6.07, 6.45) is 0. The van der Waals surface area contributed by atoms with E-state index in [9.17, 15) is 28.7 Å². The molecule has 1 aromatic heterocycles. The van der Waals surface area contributed by atoms with Crippen LogP contribution >= 0.6 is 0 Å². The SMILES string of the molecule is CN(C)C(=O)C(=O)N(C)CC1c2nc(C(=O)NCc3ccc(F)cc3)c(O)c(=O)n2CCN1C. The maximum atomic E-state index is 13.1. The number of carbonyl (C=O) groups excluding carboxylic acids is 3. The molecule has 2 N–H and O–H groups in total. The van der Waals surface area contributed by atoms with Gasteiger partial charge in [0.25, 0.3) is 11.5 Å². The highest BCUT2D eigenvalue weighted by molar-refractivity contribution is 6.34. The summed E-state index contributed by atoms with van der Waals surface area (Å²) in [4.78, 5) is 58.6. The van der Waals surface area contributed by atoms with Crippen molar-refractivity contribution in [1.82, 2.24) is 29.6 Å². The van der Waals surface area contributed by atoms with Crippen molar-refractivity contribution >= 4 is 17.7 Å². The summed E-state index contributed by atoms with van der Waals surface area (Å²) in [5.41, 5.74) is -0.599. The Labute approximate surface area is 195 Å². The molecule has 0 fully saturated rings. The van der Waals surface area contributed by atoms with Crippen LogP contribution in [0.1, 0.15) is 27.9 Å². The Balaban J connectivity index is 1.88. The highest BCUT2D eigenvalue weighted by Gasteiger charge is 2.33. The van der Waals surface area contributed by atoms with Gasteiger partial charge in [-0.05, 0) is 24.7 Å². The van der Waals surface area contributed by atoms with Gasteiger partial charge in [0.05, 0.1) is 6.04 Å². The second kappa shape index (κ2) is 10.00. The first kappa shape index (κ1) is 24.8. The molecule has 0 saturated heterocycles. The molecule has 0 bridgehead atoms. The molecule has 11 nitrogen and oxygen atoms in total. The third-order valence-electron chi connectivity index (χ3n) is 5.65. The van der Waals surface area contributed by atoms with Crippen LogP contribution in [-0.2, 0) is 22.7 Å². The van der Waals surface area contributed by atoms with E-state index >= 15 is 0 Å². The normalized spacial score (nSPS) is 15.4. The first-order chi connectivity index (χ1) is 16.0. The zero-order chi connectivity index (χ0) is 25.2. The maximum absolute atomic E-state index is 13.1. The van der Waals surface area contributed by atoms with E-state index in [1.807, 2.05) is 4.90 Å². The van der Waals surface area contributed by atoms with E-state index in [2.05, 4.69) is 10.3 Å². The van der Waals surface area contributed by atoms with Gasteiger partial charge < -0.3 is 20.2 Å². The average Bonchev–Trinajstić information content (AvgIpc) is 2.81. The summed E-state index contributed by atoms with van der Waals surface area (Å²) in [6, 6.07) is 4.90. The lowest BCUT2D eigenvalue weighted by Crippen LogP contribution is -2.49. The number of hydrogen-bond acceptors (Lipinski definition) is 7. The van der Waals surface area contributed by atoms with Gasteiger partial charge in [0.1, 0.15) is 11.6 Å². The summed E-state index contributed by atoms with van der Waals surface area (Å²) in [7, 11) is 6.17. The quantitative estimate of drug-likeness (QED) is 0.562. The number of nitrogens with one attached hydrogen (secondary N) is 1. The van der Waals surface area contributed by atoms with Gasteiger partial charge in [-0.3, -0.25) is 28.6 Å². The molecular weight excluding hydrogens is 447 g/mol. The van der Waals surface area contributed by atoms with E-state index in [0.29, 0.717) is 12.1 Å². The molecule has 0 saturated carbocycles. The van der Waals surface area contributed by atoms with Crippen LogP contribution in [0, 0.1) is 5.82 Å². The number of benzene rings is 1. The molecule has 34 heavy (non-hydrogen) atoms. The number of aromatic nitrogens is 2. The third kappa shape index (κ3) is 5.06. The van der Waals surface area contributed by atoms with E-state index in [4.69, 9.17) is 0 Å². The lowest BCUT2D eigenvalue weighted by Gasteiger charge is -2.36. The predicted molar refractivity (Wildman–Crippen MR) is 119 cm³/mol. The number of rotatable bonds is 5. The van der Waals surface area contributed by atoms with Crippen LogP contribution in [0.15, 0.2) is 29.1 Å². The fourth-order valence-electron chi connectivity index (χ4n) is 3.59. The summed E-state index contributed by atoms with van der Waals surface area (Å²) in [6.45, 7) is 0.723. The fourth-order valence-corrected chi connectivity index (χ4v) is 3.59. The van der Waals surface area contributed by atoms with Gasteiger partial charge in [-0.15, -0.1) is 0 Å². The van der Waals surface area contributed by atoms with Crippen LogP contribution in [0.3, 0.4) is 0 Å². The van der Waals surface area contributed by atoms with Gasteiger partial charge in [-0.1, -0.05) is 12.1 Å². The number of carbonyl (C=O) groups is 3. The Kier molecular flexibility index (Phi) is 7.30. The molecule has 0 radical (unpaired) electrons. The van der Waals surface area contributed by atoms with Gasteiger partial charge in [0.15, 0.2) is 5.69 Å². The maximum Gasteiger partial charge on any atom is 0.311 e. The van der Waals surface area contributed by atoms with E-state index in [1.54, 1.807) is 7.05 Å². The van der Waals surface area contributed by atoms with Gasteiger partial charge >= 0.3 is 11.8 Å². The molecule has 1 aromatic carbocycles. The summed E-state index contributed by atoms with van der Waals surface area (Å²) >= 11 is 0. The lowest BCUT2D eigenvalue weighted by molar-refractivity contribution is -0.150. The van der Waals surface area contributed by atoms with Crippen molar-refractivity contribution in [2.24, 2.45) is 0 Å². The van der Waals surface area contributed by atoms with Crippen molar-refractivity contribution in [2.75, 3.05) is 41.3 Å². The van der Waals surface area contributed by atoms with Gasteiger partial charge in [-0.2, -0.15) is 0 Å². The molecule has 1 aliphatic heterocycles. The zero-order valence-corrected chi connectivity index (χ0v) is 19.4. The molecule has 3 amide bonds. The fraction of sp³-hybridized carbons (Fsp3) is 0.409. The van der Waals surface area contributed by atoms with E-state index < -0.39 is 46.6 Å². The van der Waals surface area contributed by atoms with Crippen molar-refractivity contribution < 1.29 is 23.9 Å². The minimum Gasteiger partial charge on any atom is -0.501 e. The molecule has 2 heterocycles. The van der Waals surface area contributed by atoms with Crippen LogP contribution in [0.5, 0.6) is 5.75 Å². The van der Waals surface area contributed by atoms with Gasteiger partial charge in [-0.25, -0.2) is 9.37 Å². The molecule has 0 spiro atoms. The van der Waals surface area contributed by atoms with Crippen LogP contribution < -0.4 is 10.9 Å². The third-order valence-corrected chi connectivity index (χ3v) is 5.65. The van der Waals surface area contributed by atoms with Gasteiger partial charge in [0, 0.05) is 47.3 Å². The Morgan fingerprint density at radius 1 is 1.15 bits per heavy atom. The Hall–Kier alpha value is -3.80. The van der Waals surface area contributed by atoms with Crippen molar-refractivity contribution in [2.45, 2.75) is 19.1 Å². The average molecular weight is 474 g/mol. The molecule has 182 valence electrons. The largest absolute Gasteiger partial charge is 0.501 e. The number of amides is 3. The number of halogens is 1. The summed E-state index contributed by atoms with van der Waals surface area (Å²) < 4.78 is 14.3. The number of nitrogens with zero attached hydrogens (tertiary/aromatic N) is 5. The van der Waals surface area contributed by atoms with E-state index in [1.165, 1.54) is 59.8 Å². The molecule has 0 aliphatic carbocycles. The van der Waals surface area contributed by atoms with Crippen LogP contribution in [-0.4, -0.2) is 88.4 Å². The van der Waals surface area contributed by atoms with Crippen molar-refractivity contribution in [3.8, 4) is 5.75 Å². The molecule has 1 atom stereocenters. The Bertz CT molecular complexity index is 1160. The summed E-state index contributed by atoms with van der Waals surface area (Å²) in [5.74, 6) is -3.20. The molecule has 1 unspecified atom stereocenters. The molecule has 2 aromatic rings. The number of aromatic hydroxyl groups is 1. The highest BCUT2D eigenvalue weighted by Crippen LogP contribution is 2.24. The van der Waals surface area contributed by atoms with Crippen LogP contribution in [0.2, 0.25) is 0 Å². The second-order valence-corrected chi connectivity index (χ2v) is 8.31. The minimum absolute atomic E-state index is 0.0305. The monoisotopic (exact) mass is 474 g/mol. The van der Waals surface area contributed by atoms with E-state index in [0.717, 1.165) is 0 Å². The predicted octanol–water partition coefficient (Wildman–Crippen LogP) is -0.449. The molecule has 1 aliphatic rings. The van der Waals surface area contributed by atoms with Gasteiger partial charge in [0.2, 0.25) is 5.75 Å². The van der Waals surface area contributed by atoms with Crippen molar-refractivity contribution in [1.29, 1.82) is 0 Å². The zero-order valence-electron chi connectivity index (χ0n) is 19.4. The number of fused-ring (bicyclic) bond motifs is 1. The first-order valence-electron chi connectivity index (χ1n) is 10.5. The highest BCUT2D eigenvalue weighted by atomic mass is 19.1. The first-order valence-corrected chi connectivity index (χ1v) is 10.5. The second-order valence-electron chi connectivity index (χ2n) is 8.31. The topological polar surface area (TPSA) is 128 Å². The lowest BCUT2D eigenvalue weighted by atomic mass is 10.1. The Morgan fingerprint density at radius 3 is 2.41 bits per heavy atom. The standard InChI is InChI=1S/C22H27FN6O5/c1-26(2)21(33)22(34)28(4)12-15-18-25-16(17(30)20(32)29(18)10-9-27(15)3)19(31)24-11-13-5-7-14(23)8-6-13/h5-8,15,30H,9-12H2,1-4H3,(H,24,31).